The van der Waals surface area contributed by atoms with Gasteiger partial charge in [-0.3, -0.25) is 0 Å². The van der Waals surface area contributed by atoms with E-state index in [0.29, 0.717) is 15.5 Å². The number of nitrogens with one attached hydrogen (secondary N) is 2. The summed E-state index contributed by atoms with van der Waals surface area (Å²) in [6, 6.07) is 3.26. The summed E-state index contributed by atoms with van der Waals surface area (Å²) in [4.78, 5) is 0.313. The van der Waals surface area contributed by atoms with Crippen molar-refractivity contribution >= 4 is 21.6 Å². The average Bonchev–Trinajstić information content (AvgIpc) is 2.28. The first-order chi connectivity index (χ1) is 10.3. The molecule has 1 aromatic rings. The first kappa shape index (κ1) is 18.7. The minimum atomic E-state index is -3.57. The smallest absolute Gasteiger partial charge is 0.241 e. The van der Waals surface area contributed by atoms with Gasteiger partial charge in [-0.25, -0.2) is 13.1 Å². The molecule has 23 heavy (non-hydrogen) atoms. The van der Waals surface area contributed by atoms with Crippen molar-refractivity contribution in [3.8, 4) is 0 Å². The fourth-order valence-corrected chi connectivity index (χ4v) is 5.50. The van der Waals surface area contributed by atoms with Crippen LogP contribution in [-0.4, -0.2) is 25.5 Å². The molecular weight excluding hydrogens is 332 g/mol. The molecule has 0 spiro atoms. The monoisotopic (exact) mass is 358 g/mol. The van der Waals surface area contributed by atoms with Crippen LogP contribution < -0.4 is 10.0 Å². The number of rotatable bonds is 3. The molecule has 0 aromatic heterocycles. The van der Waals surface area contributed by atoms with Gasteiger partial charge in [0.25, 0.3) is 0 Å². The van der Waals surface area contributed by atoms with Gasteiger partial charge >= 0.3 is 0 Å². The van der Waals surface area contributed by atoms with Gasteiger partial charge in [-0.2, -0.15) is 0 Å². The Morgan fingerprint density at radius 3 is 2.13 bits per heavy atom. The predicted octanol–water partition coefficient (Wildman–Crippen LogP) is 3.54. The highest BCUT2D eigenvalue weighted by Crippen LogP contribution is 2.30. The zero-order valence-corrected chi connectivity index (χ0v) is 16.3. The molecule has 1 aromatic carbocycles. The maximum Gasteiger partial charge on any atom is 0.241 e. The van der Waals surface area contributed by atoms with Gasteiger partial charge in [-0.1, -0.05) is 11.6 Å². The Labute approximate surface area is 145 Å². The van der Waals surface area contributed by atoms with Gasteiger partial charge in [-0.05, 0) is 77.6 Å². The molecule has 0 bridgehead atoms. The SMILES string of the molecule is Cc1cc(S(=O)(=O)NC2CC(C)(C)NC(C)(C)C2)c(C)cc1Cl. The molecule has 0 aliphatic carbocycles. The fraction of sp³-hybridized carbons (Fsp3) is 0.647. The third-order valence-electron chi connectivity index (χ3n) is 4.26. The normalized spacial score (nSPS) is 21.3. The van der Waals surface area contributed by atoms with Crippen molar-refractivity contribution in [1.29, 1.82) is 0 Å². The van der Waals surface area contributed by atoms with Crippen molar-refractivity contribution in [1.82, 2.24) is 10.0 Å². The number of hydrogen-bond donors (Lipinski definition) is 2. The van der Waals surface area contributed by atoms with Gasteiger partial charge < -0.3 is 5.32 Å². The standard InChI is InChI=1S/C17H27ClN2O2S/c1-11-8-15(12(2)7-14(11)18)23(21,22)19-13-9-16(3,4)20-17(5,6)10-13/h7-8,13,19-20H,9-10H2,1-6H3. The molecule has 0 unspecified atom stereocenters. The molecule has 1 aliphatic rings. The van der Waals surface area contributed by atoms with Crippen molar-refractivity contribution in [2.24, 2.45) is 0 Å². The van der Waals surface area contributed by atoms with Crippen molar-refractivity contribution < 1.29 is 8.42 Å². The second-order valence-corrected chi connectivity index (χ2v) is 10.1. The van der Waals surface area contributed by atoms with Crippen molar-refractivity contribution in [2.45, 2.75) is 76.4 Å². The van der Waals surface area contributed by atoms with Crippen LogP contribution in [0.5, 0.6) is 0 Å². The summed E-state index contributed by atoms with van der Waals surface area (Å²) in [6.45, 7) is 12.0. The Morgan fingerprint density at radius 1 is 1.09 bits per heavy atom. The summed E-state index contributed by atoms with van der Waals surface area (Å²) in [7, 11) is -3.57. The lowest BCUT2D eigenvalue weighted by Crippen LogP contribution is -2.62. The highest BCUT2D eigenvalue weighted by Gasteiger charge is 2.39. The maximum atomic E-state index is 12.8. The summed E-state index contributed by atoms with van der Waals surface area (Å²) >= 11 is 6.08. The first-order valence-corrected chi connectivity index (χ1v) is 9.76. The average molecular weight is 359 g/mol. The van der Waals surface area contributed by atoms with E-state index in [9.17, 15) is 8.42 Å². The van der Waals surface area contributed by atoms with Crippen LogP contribution in [0.25, 0.3) is 0 Å². The van der Waals surface area contributed by atoms with Crippen LogP contribution in [0, 0.1) is 13.8 Å². The van der Waals surface area contributed by atoms with E-state index < -0.39 is 10.0 Å². The summed E-state index contributed by atoms with van der Waals surface area (Å²) < 4.78 is 28.6. The quantitative estimate of drug-likeness (QED) is 0.868. The van der Waals surface area contributed by atoms with Crippen LogP contribution in [-0.2, 0) is 10.0 Å². The van der Waals surface area contributed by atoms with Crippen LogP contribution in [0.4, 0.5) is 0 Å². The molecule has 2 rings (SSSR count). The van der Waals surface area contributed by atoms with E-state index in [-0.39, 0.29) is 17.1 Å². The molecule has 0 atom stereocenters. The Kier molecular flexibility index (Phi) is 4.91. The lowest BCUT2D eigenvalue weighted by atomic mass is 9.80. The molecule has 130 valence electrons. The van der Waals surface area contributed by atoms with Gasteiger partial charge in [0.05, 0.1) is 4.90 Å². The van der Waals surface area contributed by atoms with Crippen molar-refractivity contribution in [3.63, 3.8) is 0 Å². The largest absolute Gasteiger partial charge is 0.307 e. The number of aryl methyl sites for hydroxylation is 2. The molecule has 6 heteroatoms. The van der Waals surface area contributed by atoms with E-state index in [0.717, 1.165) is 18.4 Å². The molecule has 0 saturated carbocycles. The lowest BCUT2D eigenvalue weighted by Gasteiger charge is -2.46. The van der Waals surface area contributed by atoms with Crippen LogP contribution in [0.2, 0.25) is 5.02 Å². The van der Waals surface area contributed by atoms with E-state index >= 15 is 0 Å². The number of piperidine rings is 1. The van der Waals surface area contributed by atoms with Crippen molar-refractivity contribution in [2.75, 3.05) is 0 Å². The second kappa shape index (κ2) is 6.03. The zero-order chi connectivity index (χ0) is 17.6. The molecule has 1 saturated heterocycles. The molecule has 1 fully saturated rings. The molecule has 1 aliphatic heterocycles. The Balaban J connectivity index is 2.30. The minimum absolute atomic E-state index is 0.0957. The third kappa shape index (κ3) is 4.47. The fourth-order valence-electron chi connectivity index (χ4n) is 3.73. The van der Waals surface area contributed by atoms with Gasteiger partial charge in [-0.15, -0.1) is 0 Å². The van der Waals surface area contributed by atoms with Crippen LogP contribution in [0.15, 0.2) is 17.0 Å². The predicted molar refractivity (Wildman–Crippen MR) is 95.6 cm³/mol. The Hall–Kier alpha value is -0.620. The van der Waals surface area contributed by atoms with E-state index in [1.165, 1.54) is 0 Å². The Bertz CT molecular complexity index is 696. The van der Waals surface area contributed by atoms with Crippen LogP contribution in [0.1, 0.15) is 51.7 Å². The highest BCUT2D eigenvalue weighted by molar-refractivity contribution is 7.89. The topological polar surface area (TPSA) is 58.2 Å². The van der Waals surface area contributed by atoms with Gasteiger partial charge in [0, 0.05) is 22.1 Å². The number of hydrogen-bond acceptors (Lipinski definition) is 3. The number of sulfonamides is 1. The summed E-state index contributed by atoms with van der Waals surface area (Å²) in [5, 5.41) is 4.15. The number of benzene rings is 1. The maximum absolute atomic E-state index is 12.8. The van der Waals surface area contributed by atoms with E-state index in [4.69, 9.17) is 11.6 Å². The second-order valence-electron chi connectivity index (χ2n) is 7.99. The van der Waals surface area contributed by atoms with Gasteiger partial charge in [0.15, 0.2) is 0 Å². The molecule has 2 N–H and O–H groups in total. The molecule has 0 amide bonds. The third-order valence-corrected chi connectivity index (χ3v) is 6.33. The van der Waals surface area contributed by atoms with Crippen molar-refractivity contribution in [3.05, 3.63) is 28.3 Å². The molecule has 0 radical (unpaired) electrons. The van der Waals surface area contributed by atoms with E-state index in [2.05, 4.69) is 37.7 Å². The molecule has 1 heterocycles. The summed E-state index contributed by atoms with van der Waals surface area (Å²) in [5.74, 6) is 0. The lowest BCUT2D eigenvalue weighted by molar-refractivity contribution is 0.157. The minimum Gasteiger partial charge on any atom is -0.307 e. The van der Waals surface area contributed by atoms with E-state index in [1.807, 2.05) is 6.92 Å². The van der Waals surface area contributed by atoms with Crippen LogP contribution >= 0.6 is 11.6 Å². The van der Waals surface area contributed by atoms with Crippen LogP contribution in [0.3, 0.4) is 0 Å². The van der Waals surface area contributed by atoms with Gasteiger partial charge in [0.1, 0.15) is 0 Å². The Morgan fingerprint density at radius 2 is 1.61 bits per heavy atom. The molecular formula is C17H27ClN2O2S. The van der Waals surface area contributed by atoms with Gasteiger partial charge in [0.2, 0.25) is 10.0 Å². The summed E-state index contributed by atoms with van der Waals surface area (Å²) in [6.07, 6.45) is 1.50. The first-order valence-electron chi connectivity index (χ1n) is 7.90. The zero-order valence-electron chi connectivity index (χ0n) is 14.7. The molecule has 4 nitrogen and oxygen atoms in total. The van der Waals surface area contributed by atoms with E-state index in [1.54, 1.807) is 19.1 Å². The highest BCUT2D eigenvalue weighted by atomic mass is 35.5. The number of halogens is 1. The summed E-state index contributed by atoms with van der Waals surface area (Å²) in [5.41, 5.74) is 1.21.